The lowest BCUT2D eigenvalue weighted by atomic mass is 9.88. The molecule has 2 atom stereocenters. The Bertz CT molecular complexity index is 913. The van der Waals surface area contributed by atoms with Crippen molar-refractivity contribution in [1.29, 1.82) is 0 Å². The molecule has 2 N–H and O–H groups in total. The van der Waals surface area contributed by atoms with Crippen molar-refractivity contribution >= 4 is 11.1 Å². The Morgan fingerprint density at radius 1 is 0.759 bits per heavy atom. The molecule has 3 rings (SSSR count). The van der Waals surface area contributed by atoms with E-state index in [1.54, 1.807) is 6.92 Å². The third kappa shape index (κ3) is 5.35. The van der Waals surface area contributed by atoms with Crippen molar-refractivity contribution in [1.82, 2.24) is 0 Å². The van der Waals surface area contributed by atoms with Gasteiger partial charge in [-0.15, -0.1) is 0 Å². The van der Waals surface area contributed by atoms with E-state index in [0.29, 0.717) is 5.75 Å². The lowest BCUT2D eigenvalue weighted by Crippen LogP contribution is -2.29. The molecule has 3 nitrogen and oxygen atoms in total. The average molecular weight is 389 g/mol. The average Bonchev–Trinajstić information content (AvgIpc) is 2.77. The van der Waals surface area contributed by atoms with E-state index >= 15 is 0 Å². The number of hydrogen-bond donors (Lipinski definition) is 2. The fraction of sp³-hybridized carbons (Fsp3) is 0.231. The van der Waals surface area contributed by atoms with Gasteiger partial charge in [0.2, 0.25) is 0 Å². The summed E-state index contributed by atoms with van der Waals surface area (Å²) in [4.78, 5) is 0. The highest BCUT2D eigenvalue weighted by molar-refractivity contribution is 5.98. The van der Waals surface area contributed by atoms with Crippen LogP contribution in [-0.4, -0.2) is 29.0 Å². The van der Waals surface area contributed by atoms with Crippen LogP contribution in [0.4, 0.5) is 0 Å². The first kappa shape index (κ1) is 20.8. The molecule has 150 valence electrons. The Morgan fingerprint density at radius 2 is 1.28 bits per heavy atom. The van der Waals surface area contributed by atoms with E-state index in [9.17, 15) is 10.2 Å². The molecule has 0 saturated carbocycles. The fourth-order valence-corrected chi connectivity index (χ4v) is 3.32. The molecule has 0 saturated heterocycles. The molecule has 0 spiro atoms. The number of allylic oxidation sites excluding steroid dienone is 1. The van der Waals surface area contributed by atoms with Gasteiger partial charge >= 0.3 is 0 Å². The Kier molecular flexibility index (Phi) is 7.23. The number of benzene rings is 3. The topological polar surface area (TPSA) is 49.7 Å². The summed E-state index contributed by atoms with van der Waals surface area (Å²) in [5.41, 5.74) is 5.99. The smallest absolute Gasteiger partial charge is 0.119 e. The largest absolute Gasteiger partial charge is 0.491 e. The molecule has 0 amide bonds. The van der Waals surface area contributed by atoms with Crippen molar-refractivity contribution in [2.75, 3.05) is 6.61 Å². The molecule has 0 aromatic heterocycles. The molecule has 0 aliphatic carbocycles. The predicted octanol–water partition coefficient (Wildman–Crippen LogP) is 5.18. The van der Waals surface area contributed by atoms with Gasteiger partial charge in [0.05, 0.1) is 6.10 Å². The first-order valence-electron chi connectivity index (χ1n) is 10.0. The van der Waals surface area contributed by atoms with E-state index in [2.05, 4.69) is 55.5 Å². The van der Waals surface area contributed by atoms with Gasteiger partial charge in [0.15, 0.2) is 0 Å². The van der Waals surface area contributed by atoms with Crippen LogP contribution in [-0.2, 0) is 0 Å². The van der Waals surface area contributed by atoms with Crippen LogP contribution in [0.2, 0.25) is 0 Å². The van der Waals surface area contributed by atoms with E-state index in [-0.39, 0.29) is 6.61 Å². The Morgan fingerprint density at radius 3 is 1.79 bits per heavy atom. The summed E-state index contributed by atoms with van der Waals surface area (Å²) in [6.07, 6.45) is -0.813. The second kappa shape index (κ2) is 10.1. The zero-order chi connectivity index (χ0) is 20.6. The highest BCUT2D eigenvalue weighted by atomic mass is 16.5. The van der Waals surface area contributed by atoms with Gasteiger partial charge in [0.1, 0.15) is 18.5 Å². The molecule has 0 bridgehead atoms. The van der Waals surface area contributed by atoms with Crippen molar-refractivity contribution in [3.05, 3.63) is 102 Å². The Hall–Kier alpha value is -2.88. The molecule has 3 heteroatoms. The van der Waals surface area contributed by atoms with Gasteiger partial charge in [-0.1, -0.05) is 79.7 Å². The third-order valence-corrected chi connectivity index (χ3v) is 4.96. The second-order valence-electron chi connectivity index (χ2n) is 7.08. The first-order valence-corrected chi connectivity index (χ1v) is 10.0. The maximum atomic E-state index is 9.73. The van der Waals surface area contributed by atoms with Gasteiger partial charge < -0.3 is 14.9 Å². The predicted molar refractivity (Wildman–Crippen MR) is 119 cm³/mol. The molecule has 0 fully saturated rings. The Labute approximate surface area is 172 Å². The molecule has 0 aliphatic heterocycles. The molecule has 3 aromatic rings. The summed E-state index contributed by atoms with van der Waals surface area (Å²) < 4.78 is 5.61. The Balaban J connectivity index is 1.98. The van der Waals surface area contributed by atoms with Crippen LogP contribution in [0, 0.1) is 0 Å². The van der Waals surface area contributed by atoms with Gasteiger partial charge in [-0.25, -0.2) is 0 Å². The minimum Gasteiger partial charge on any atom is -0.491 e. The van der Waals surface area contributed by atoms with E-state index < -0.39 is 12.2 Å². The van der Waals surface area contributed by atoms with Crippen LogP contribution in [0.3, 0.4) is 0 Å². The maximum Gasteiger partial charge on any atom is 0.119 e. The molecule has 0 radical (unpaired) electrons. The van der Waals surface area contributed by atoms with Crippen molar-refractivity contribution in [2.45, 2.75) is 32.5 Å². The summed E-state index contributed by atoms with van der Waals surface area (Å²) in [6.45, 7) is 3.78. The van der Waals surface area contributed by atoms with E-state index in [0.717, 1.165) is 12.0 Å². The van der Waals surface area contributed by atoms with Crippen LogP contribution in [0.15, 0.2) is 84.9 Å². The van der Waals surface area contributed by atoms with Gasteiger partial charge in [0, 0.05) is 0 Å². The molecule has 0 unspecified atom stereocenters. The summed E-state index contributed by atoms with van der Waals surface area (Å²) >= 11 is 0. The van der Waals surface area contributed by atoms with Crippen LogP contribution >= 0.6 is 0 Å². The van der Waals surface area contributed by atoms with Crippen molar-refractivity contribution in [2.24, 2.45) is 0 Å². The lowest BCUT2D eigenvalue weighted by Gasteiger charge is -2.17. The van der Waals surface area contributed by atoms with E-state index in [1.807, 2.05) is 36.4 Å². The van der Waals surface area contributed by atoms with Crippen molar-refractivity contribution < 1.29 is 14.9 Å². The third-order valence-electron chi connectivity index (χ3n) is 4.96. The molecule has 29 heavy (non-hydrogen) atoms. The second-order valence-corrected chi connectivity index (χ2v) is 7.08. The summed E-state index contributed by atoms with van der Waals surface area (Å²) in [5.74, 6) is 0.665. The highest BCUT2D eigenvalue weighted by Gasteiger charge is 2.14. The normalized spacial score (nSPS) is 14.1. The lowest BCUT2D eigenvalue weighted by molar-refractivity contribution is 0.00227. The van der Waals surface area contributed by atoms with E-state index in [1.165, 1.54) is 22.3 Å². The van der Waals surface area contributed by atoms with Crippen LogP contribution < -0.4 is 4.74 Å². The van der Waals surface area contributed by atoms with Crippen molar-refractivity contribution in [3.63, 3.8) is 0 Å². The molecule has 0 heterocycles. The zero-order valence-corrected chi connectivity index (χ0v) is 17.0. The van der Waals surface area contributed by atoms with E-state index in [4.69, 9.17) is 4.74 Å². The SMILES string of the molecule is CC/C(=C(/c1ccccc1)c1ccc(OC[C@H](O)[C@H](C)O)cc1)c1ccccc1. The molecular weight excluding hydrogens is 360 g/mol. The number of rotatable bonds is 8. The van der Waals surface area contributed by atoms with Gasteiger partial charge in [0.25, 0.3) is 0 Å². The van der Waals surface area contributed by atoms with Gasteiger partial charge in [-0.05, 0) is 53.3 Å². The monoisotopic (exact) mass is 388 g/mol. The molecular formula is C26H28O3. The standard InChI is InChI=1S/C26H28O3/c1-3-24(20-10-6-4-7-11-20)26(21-12-8-5-9-13-21)22-14-16-23(17-15-22)29-18-25(28)19(2)27/h4-17,19,25,27-28H,3,18H2,1-2H3/b26-24+/t19-,25-/m0/s1. The zero-order valence-electron chi connectivity index (χ0n) is 17.0. The first-order chi connectivity index (χ1) is 14.1. The fourth-order valence-electron chi connectivity index (χ4n) is 3.32. The highest BCUT2D eigenvalue weighted by Crippen LogP contribution is 2.34. The summed E-state index contributed by atoms with van der Waals surface area (Å²) in [7, 11) is 0. The number of aliphatic hydroxyl groups excluding tert-OH is 2. The minimum atomic E-state index is -0.903. The van der Waals surface area contributed by atoms with Crippen LogP contribution in [0.25, 0.3) is 11.1 Å². The molecule has 0 aliphatic rings. The number of ether oxygens (including phenoxy) is 1. The van der Waals surface area contributed by atoms with Crippen LogP contribution in [0.5, 0.6) is 5.75 Å². The van der Waals surface area contributed by atoms with Gasteiger partial charge in [-0.3, -0.25) is 0 Å². The molecule has 3 aromatic carbocycles. The number of aliphatic hydroxyl groups is 2. The van der Waals surface area contributed by atoms with Crippen LogP contribution in [0.1, 0.15) is 37.0 Å². The minimum absolute atomic E-state index is 0.0582. The summed E-state index contributed by atoms with van der Waals surface area (Å²) in [5, 5.41) is 19.1. The van der Waals surface area contributed by atoms with Crippen molar-refractivity contribution in [3.8, 4) is 5.75 Å². The quantitative estimate of drug-likeness (QED) is 0.523. The maximum absolute atomic E-state index is 9.73. The van der Waals surface area contributed by atoms with Gasteiger partial charge in [-0.2, -0.15) is 0 Å². The summed E-state index contributed by atoms with van der Waals surface area (Å²) in [6, 6.07) is 28.8. The number of hydrogen-bond acceptors (Lipinski definition) is 3.